The first kappa shape index (κ1) is 15.8. The molecule has 0 atom stereocenters. The van der Waals surface area contributed by atoms with Crippen molar-refractivity contribution in [3.05, 3.63) is 48.9 Å². The summed E-state index contributed by atoms with van der Waals surface area (Å²) in [6.45, 7) is 3.27. The second kappa shape index (κ2) is 6.21. The van der Waals surface area contributed by atoms with Gasteiger partial charge in [-0.15, -0.1) is 5.10 Å². The highest BCUT2D eigenvalue weighted by atomic mass is 79.9. The van der Waals surface area contributed by atoms with Crippen LogP contribution >= 0.6 is 27.3 Å². The predicted octanol–water partition coefficient (Wildman–Crippen LogP) is 1.95. The number of hydrogen-bond donors (Lipinski definition) is 0. The molecule has 118 valence electrons. The number of aryl methyl sites for hydroxylation is 1. The van der Waals surface area contributed by atoms with Crippen LogP contribution in [0, 0.1) is 0 Å². The summed E-state index contributed by atoms with van der Waals surface area (Å²) in [6, 6.07) is 5.23. The van der Waals surface area contributed by atoms with Crippen LogP contribution in [0.2, 0.25) is 0 Å². The highest BCUT2D eigenvalue weighted by Crippen LogP contribution is 2.24. The van der Waals surface area contributed by atoms with E-state index in [1.807, 2.05) is 6.92 Å². The molecule has 0 radical (unpaired) electrons. The third-order valence-electron chi connectivity index (χ3n) is 3.05. The highest BCUT2D eigenvalue weighted by molar-refractivity contribution is 9.10. The van der Waals surface area contributed by atoms with Crippen LogP contribution in [0.25, 0.3) is 11.0 Å². The van der Waals surface area contributed by atoms with Crippen molar-refractivity contribution in [1.29, 1.82) is 0 Å². The van der Waals surface area contributed by atoms with Crippen molar-refractivity contribution >= 4 is 44.3 Å². The van der Waals surface area contributed by atoms with Gasteiger partial charge in [0.2, 0.25) is 4.96 Å². The fraction of sp³-hybridized carbons (Fsp3) is 0.200. The average Bonchev–Trinajstić information content (AvgIpc) is 3.02. The van der Waals surface area contributed by atoms with Crippen molar-refractivity contribution in [2.45, 2.75) is 20.3 Å². The molecule has 0 spiro atoms. The molecule has 0 saturated heterocycles. The van der Waals surface area contributed by atoms with Gasteiger partial charge >= 0.3 is 5.97 Å². The van der Waals surface area contributed by atoms with Gasteiger partial charge in [0.15, 0.2) is 5.82 Å². The molecule has 0 fully saturated rings. The second-order valence-corrected chi connectivity index (χ2v) is 6.69. The number of halogens is 1. The van der Waals surface area contributed by atoms with Gasteiger partial charge in [-0.1, -0.05) is 34.2 Å². The zero-order chi connectivity index (χ0) is 16.6. The molecule has 0 bridgehead atoms. The van der Waals surface area contributed by atoms with E-state index in [-0.39, 0.29) is 5.56 Å². The van der Waals surface area contributed by atoms with Gasteiger partial charge < -0.3 is 4.74 Å². The Morgan fingerprint density at radius 3 is 2.91 bits per heavy atom. The molecule has 0 N–H and O–H groups in total. The van der Waals surface area contributed by atoms with E-state index in [9.17, 15) is 9.59 Å². The zero-order valence-corrected chi connectivity index (χ0v) is 14.8. The van der Waals surface area contributed by atoms with E-state index in [1.165, 1.54) is 22.8 Å². The molecule has 0 aliphatic heterocycles. The first-order valence-corrected chi connectivity index (χ1v) is 8.47. The smallest absolute Gasteiger partial charge is 0.308 e. The number of carbonyl (C=O) groups is 1. The first-order chi connectivity index (χ1) is 11.0. The molecular weight excluding hydrogens is 382 g/mol. The summed E-state index contributed by atoms with van der Waals surface area (Å²) < 4.78 is 7.78. The minimum absolute atomic E-state index is 0.231. The highest BCUT2D eigenvalue weighted by Gasteiger charge is 2.11. The molecule has 0 amide bonds. The van der Waals surface area contributed by atoms with Gasteiger partial charge in [-0.2, -0.15) is 4.52 Å². The Morgan fingerprint density at radius 2 is 2.26 bits per heavy atom. The van der Waals surface area contributed by atoms with Crippen LogP contribution < -0.4 is 14.8 Å². The summed E-state index contributed by atoms with van der Waals surface area (Å²) in [5.41, 5.74) is 0.401. The SMILES string of the molecule is CCc1nc2s/c(=C\c3cc(Br)ccc3OC(C)=O)c(=O)n2n1. The summed E-state index contributed by atoms with van der Waals surface area (Å²) in [6.07, 6.45) is 2.35. The molecule has 6 nitrogen and oxygen atoms in total. The summed E-state index contributed by atoms with van der Waals surface area (Å²) >= 11 is 4.63. The normalized spacial score (nSPS) is 12.0. The Labute approximate surface area is 143 Å². The van der Waals surface area contributed by atoms with Crippen LogP contribution in [0.1, 0.15) is 25.2 Å². The van der Waals surface area contributed by atoms with Crippen molar-refractivity contribution in [1.82, 2.24) is 14.6 Å². The minimum atomic E-state index is -0.417. The van der Waals surface area contributed by atoms with Crippen molar-refractivity contribution in [2.24, 2.45) is 0 Å². The number of carbonyl (C=O) groups excluding carboxylic acids is 1. The number of rotatable bonds is 3. The zero-order valence-electron chi connectivity index (χ0n) is 12.4. The lowest BCUT2D eigenvalue weighted by Crippen LogP contribution is -2.24. The number of aromatic nitrogens is 3. The van der Waals surface area contributed by atoms with Gasteiger partial charge in [0, 0.05) is 23.4 Å². The van der Waals surface area contributed by atoms with E-state index in [4.69, 9.17) is 4.74 Å². The van der Waals surface area contributed by atoms with E-state index < -0.39 is 5.97 Å². The molecule has 3 aromatic rings. The van der Waals surface area contributed by atoms with Crippen LogP contribution in [0.4, 0.5) is 0 Å². The lowest BCUT2D eigenvalue weighted by molar-refractivity contribution is -0.131. The number of ether oxygens (including phenoxy) is 1. The molecular formula is C15H12BrN3O3S. The molecule has 0 aliphatic carbocycles. The quantitative estimate of drug-likeness (QED) is 0.502. The van der Waals surface area contributed by atoms with Gasteiger partial charge in [0.05, 0.1) is 4.53 Å². The Balaban J connectivity index is 2.16. The van der Waals surface area contributed by atoms with E-state index in [1.54, 1.807) is 24.3 Å². The number of fused-ring (bicyclic) bond motifs is 1. The molecule has 0 saturated carbocycles. The fourth-order valence-corrected chi connectivity index (χ4v) is 3.34. The monoisotopic (exact) mass is 393 g/mol. The standard InChI is InChI=1S/C15H12BrN3O3S/c1-3-13-17-15-19(18-13)14(21)12(23-15)7-9-6-10(16)4-5-11(9)22-8(2)20/h4-7H,3H2,1-2H3/b12-7-. The van der Waals surface area contributed by atoms with Crippen molar-refractivity contribution in [3.8, 4) is 5.75 Å². The van der Waals surface area contributed by atoms with Crippen LogP contribution in [0.15, 0.2) is 27.5 Å². The summed E-state index contributed by atoms with van der Waals surface area (Å²) in [7, 11) is 0. The van der Waals surface area contributed by atoms with E-state index in [0.29, 0.717) is 33.1 Å². The van der Waals surface area contributed by atoms with E-state index in [2.05, 4.69) is 26.0 Å². The third-order valence-corrected chi connectivity index (χ3v) is 4.51. The fourth-order valence-electron chi connectivity index (χ4n) is 2.05. The molecule has 0 unspecified atom stereocenters. The van der Waals surface area contributed by atoms with Crippen LogP contribution in [0.5, 0.6) is 5.75 Å². The summed E-state index contributed by atoms with van der Waals surface area (Å²) in [5.74, 6) is 0.621. The Bertz CT molecular complexity index is 1010. The van der Waals surface area contributed by atoms with Gasteiger partial charge in [0.25, 0.3) is 5.56 Å². The number of nitrogens with zero attached hydrogens (tertiary/aromatic N) is 3. The number of thiazole rings is 1. The Kier molecular flexibility index (Phi) is 4.27. The molecule has 0 aliphatic rings. The lowest BCUT2D eigenvalue weighted by Gasteiger charge is -2.05. The minimum Gasteiger partial charge on any atom is -0.426 e. The van der Waals surface area contributed by atoms with Crippen molar-refractivity contribution in [2.75, 3.05) is 0 Å². The molecule has 1 aromatic carbocycles. The Hall–Kier alpha value is -2.06. The lowest BCUT2D eigenvalue weighted by atomic mass is 10.2. The number of esters is 1. The van der Waals surface area contributed by atoms with Crippen LogP contribution in [-0.4, -0.2) is 20.6 Å². The van der Waals surface area contributed by atoms with Gasteiger partial charge in [-0.3, -0.25) is 9.59 Å². The van der Waals surface area contributed by atoms with Crippen molar-refractivity contribution in [3.63, 3.8) is 0 Å². The van der Waals surface area contributed by atoms with Gasteiger partial charge in [-0.25, -0.2) is 4.98 Å². The van der Waals surface area contributed by atoms with Crippen molar-refractivity contribution < 1.29 is 9.53 Å². The first-order valence-electron chi connectivity index (χ1n) is 6.86. The van der Waals surface area contributed by atoms with Crippen LogP contribution in [-0.2, 0) is 11.2 Å². The summed E-state index contributed by atoms with van der Waals surface area (Å²) in [5, 5.41) is 4.17. The predicted molar refractivity (Wildman–Crippen MR) is 90.7 cm³/mol. The maximum Gasteiger partial charge on any atom is 0.308 e. The maximum absolute atomic E-state index is 12.4. The average molecular weight is 394 g/mol. The number of hydrogen-bond acceptors (Lipinski definition) is 6. The van der Waals surface area contributed by atoms with Crippen LogP contribution in [0.3, 0.4) is 0 Å². The second-order valence-electron chi connectivity index (χ2n) is 4.77. The molecule has 23 heavy (non-hydrogen) atoms. The molecule has 3 rings (SSSR count). The number of benzene rings is 1. The van der Waals surface area contributed by atoms with E-state index >= 15 is 0 Å². The molecule has 8 heteroatoms. The maximum atomic E-state index is 12.4. The van der Waals surface area contributed by atoms with E-state index in [0.717, 1.165) is 4.47 Å². The Morgan fingerprint density at radius 1 is 1.48 bits per heavy atom. The topological polar surface area (TPSA) is 73.6 Å². The third kappa shape index (κ3) is 3.18. The van der Waals surface area contributed by atoms with Gasteiger partial charge in [-0.05, 0) is 24.3 Å². The van der Waals surface area contributed by atoms with Gasteiger partial charge in [0.1, 0.15) is 5.75 Å². The molecule has 2 aromatic heterocycles. The largest absolute Gasteiger partial charge is 0.426 e. The molecule has 2 heterocycles. The summed E-state index contributed by atoms with van der Waals surface area (Å²) in [4.78, 5) is 28.5.